The molecule has 1 amide bonds. The molecule has 0 saturated heterocycles. The highest BCUT2D eigenvalue weighted by molar-refractivity contribution is 6.09. The number of nitrogen functional groups attached to an aromatic ring is 1. The molecule has 4 aromatic rings. The van der Waals surface area contributed by atoms with E-state index < -0.39 is 17.7 Å². The summed E-state index contributed by atoms with van der Waals surface area (Å²) in [7, 11) is 7.70. The molecular formula is C38H35FN5O5+. The summed E-state index contributed by atoms with van der Waals surface area (Å²) in [5, 5.41) is 14.6. The van der Waals surface area contributed by atoms with E-state index in [0.717, 1.165) is 11.0 Å². The lowest BCUT2D eigenvalue weighted by Gasteiger charge is -2.19. The number of anilines is 2. The molecule has 0 unspecified atom stereocenters. The minimum Gasteiger partial charge on any atom is -0.478 e. The van der Waals surface area contributed by atoms with Gasteiger partial charge >= 0.3 is 5.97 Å². The van der Waals surface area contributed by atoms with Crippen molar-refractivity contribution in [2.45, 2.75) is 13.2 Å². The molecule has 6 rings (SSSR count). The number of pyridine rings is 1. The summed E-state index contributed by atoms with van der Waals surface area (Å²) in [4.78, 5) is 32.1. The fourth-order valence-electron chi connectivity index (χ4n) is 5.56. The fourth-order valence-corrected chi connectivity index (χ4v) is 5.56. The molecule has 248 valence electrons. The van der Waals surface area contributed by atoms with Gasteiger partial charge in [0.25, 0.3) is 5.91 Å². The molecule has 4 N–H and O–H groups in total. The highest BCUT2D eigenvalue weighted by Crippen LogP contribution is 2.42. The predicted molar refractivity (Wildman–Crippen MR) is 187 cm³/mol. The number of hydrogen-bond donors (Lipinski definition) is 3. The van der Waals surface area contributed by atoms with Gasteiger partial charge in [0, 0.05) is 84.1 Å². The van der Waals surface area contributed by atoms with E-state index in [4.69, 9.17) is 14.9 Å². The summed E-state index contributed by atoms with van der Waals surface area (Å²) in [6, 6.07) is 23.7. The summed E-state index contributed by atoms with van der Waals surface area (Å²) < 4.78 is 29.0. The number of benzene rings is 4. The third-order valence-corrected chi connectivity index (χ3v) is 8.21. The molecule has 2 aliphatic rings. The minimum absolute atomic E-state index is 0.0240. The van der Waals surface area contributed by atoms with Crippen molar-refractivity contribution in [2.75, 3.05) is 38.8 Å². The van der Waals surface area contributed by atoms with Crippen LogP contribution in [0.3, 0.4) is 0 Å². The van der Waals surface area contributed by atoms with Gasteiger partial charge in [0.15, 0.2) is 0 Å². The molecule has 10 nitrogen and oxygen atoms in total. The van der Waals surface area contributed by atoms with Crippen molar-refractivity contribution in [3.05, 3.63) is 125 Å². The summed E-state index contributed by atoms with van der Waals surface area (Å²) >= 11 is 0. The number of aromatic carboxylic acids is 1. The summed E-state index contributed by atoms with van der Waals surface area (Å²) in [5.74, 6) is -1.26. The molecule has 1 aliphatic carbocycles. The minimum atomic E-state index is -1.14. The standard InChI is InChI=1S/C38H34FN5O5/c1-43(2)26-8-11-29-33(18-26)49-34-19-27(44(3)4)9-12-30(34)36(29)31-16-23(7-10-28(31)38(46)47)37(45)42-20-24-6-5-22(15-32(24)39)21-48-35-17-25(40)13-14-41-35/h5-19H,20-21H2,1-4H3,(H3-,40,41,42,45,46,47)/p+1. The molecule has 2 heterocycles. The van der Waals surface area contributed by atoms with Crippen LogP contribution in [0.2, 0.25) is 0 Å². The van der Waals surface area contributed by atoms with Crippen molar-refractivity contribution in [3.8, 4) is 28.3 Å². The average Bonchev–Trinajstić information content (AvgIpc) is 3.08. The van der Waals surface area contributed by atoms with Gasteiger partial charge in [0.05, 0.1) is 11.6 Å². The smallest absolute Gasteiger partial charge is 0.336 e. The first-order valence-electron chi connectivity index (χ1n) is 15.4. The summed E-state index contributed by atoms with van der Waals surface area (Å²) in [5.41, 5.74) is 10.5. The first-order chi connectivity index (χ1) is 23.5. The van der Waals surface area contributed by atoms with Crippen LogP contribution < -0.4 is 30.6 Å². The monoisotopic (exact) mass is 660 g/mol. The maximum atomic E-state index is 15.1. The summed E-state index contributed by atoms with van der Waals surface area (Å²) in [6.07, 6.45) is 1.52. The Kier molecular flexibility index (Phi) is 9.00. The number of carbonyl (C=O) groups excluding carboxylic acids is 1. The van der Waals surface area contributed by atoms with Crippen LogP contribution in [0.1, 0.15) is 31.8 Å². The third kappa shape index (κ3) is 6.91. The number of carboxylic acids is 1. The van der Waals surface area contributed by atoms with E-state index in [0.29, 0.717) is 50.6 Å². The van der Waals surface area contributed by atoms with Crippen LogP contribution in [-0.4, -0.2) is 50.2 Å². The van der Waals surface area contributed by atoms with Crippen LogP contribution in [-0.2, 0) is 13.2 Å². The van der Waals surface area contributed by atoms with Gasteiger partial charge in [0.1, 0.15) is 37.9 Å². The molecule has 0 radical (unpaired) electrons. The lowest BCUT2D eigenvalue weighted by molar-refractivity contribution is 0.0697. The number of carboxylic acid groups (broad SMARTS) is 1. The second-order valence-electron chi connectivity index (χ2n) is 12.0. The second kappa shape index (κ2) is 13.5. The lowest BCUT2D eigenvalue weighted by Crippen LogP contribution is -2.23. The number of halogens is 1. The van der Waals surface area contributed by atoms with E-state index >= 15 is 4.39 Å². The quantitative estimate of drug-likeness (QED) is 0.134. The van der Waals surface area contributed by atoms with Crippen LogP contribution >= 0.6 is 0 Å². The van der Waals surface area contributed by atoms with Gasteiger partial charge in [-0.15, -0.1) is 0 Å². The number of amides is 1. The Balaban J connectivity index is 1.33. The number of nitrogens with one attached hydrogen (secondary N) is 1. The average molecular weight is 661 g/mol. The van der Waals surface area contributed by atoms with Crippen LogP contribution in [0.15, 0.2) is 95.5 Å². The Labute approximate surface area is 281 Å². The van der Waals surface area contributed by atoms with Crippen LogP contribution in [0.5, 0.6) is 5.88 Å². The summed E-state index contributed by atoms with van der Waals surface area (Å²) in [6.45, 7) is -0.00292. The number of carbonyl (C=O) groups is 2. The first-order valence-corrected chi connectivity index (χ1v) is 15.4. The van der Waals surface area contributed by atoms with Gasteiger partial charge in [-0.1, -0.05) is 12.1 Å². The maximum absolute atomic E-state index is 15.1. The normalized spacial score (nSPS) is 11.0. The first kappa shape index (κ1) is 32.7. The molecule has 11 heteroatoms. The Bertz CT molecular complexity index is 2280. The maximum Gasteiger partial charge on any atom is 0.336 e. The number of aromatic nitrogens is 1. The molecular weight excluding hydrogens is 625 g/mol. The second-order valence-corrected chi connectivity index (χ2v) is 12.0. The molecule has 0 spiro atoms. The van der Waals surface area contributed by atoms with Crippen molar-refractivity contribution in [3.63, 3.8) is 0 Å². The Morgan fingerprint density at radius 3 is 2.51 bits per heavy atom. The van der Waals surface area contributed by atoms with Gasteiger partial charge in [-0.3, -0.25) is 4.79 Å². The van der Waals surface area contributed by atoms with E-state index in [1.165, 1.54) is 24.4 Å². The molecule has 3 aromatic carbocycles. The van der Waals surface area contributed by atoms with Crippen molar-refractivity contribution >= 4 is 34.2 Å². The van der Waals surface area contributed by atoms with Crippen LogP contribution in [0, 0.1) is 5.82 Å². The molecule has 0 atom stereocenters. The van der Waals surface area contributed by atoms with Crippen molar-refractivity contribution < 1.29 is 28.2 Å². The molecule has 0 fully saturated rings. The van der Waals surface area contributed by atoms with E-state index in [9.17, 15) is 14.7 Å². The van der Waals surface area contributed by atoms with E-state index in [1.807, 2.05) is 74.1 Å². The molecule has 1 aromatic heterocycles. The molecule has 1 aliphatic heterocycles. The number of rotatable bonds is 9. The SMILES string of the molecule is CN(C)c1ccc2c(-c3cc(C(=O)NCc4ccc(COc5cc(N)ccn5)cc4F)ccc3C(=O)O)c3ccc(=[N+](C)C)cc-3oc2c1. The predicted octanol–water partition coefficient (Wildman–Crippen LogP) is 5.63. The third-order valence-electron chi connectivity index (χ3n) is 8.21. The highest BCUT2D eigenvalue weighted by Gasteiger charge is 2.24. The van der Waals surface area contributed by atoms with Crippen molar-refractivity contribution in [1.29, 1.82) is 0 Å². The molecule has 0 saturated carbocycles. The molecule has 49 heavy (non-hydrogen) atoms. The Morgan fingerprint density at radius 1 is 0.980 bits per heavy atom. The Hall–Kier alpha value is -6.23. The van der Waals surface area contributed by atoms with Crippen LogP contribution in [0.25, 0.3) is 33.4 Å². The van der Waals surface area contributed by atoms with Gasteiger partial charge in [-0.2, -0.15) is 0 Å². The highest BCUT2D eigenvalue weighted by atomic mass is 19.1. The number of ether oxygens (including phenoxy) is 1. The number of fused-ring (bicyclic) bond motifs is 2. The molecule has 0 bridgehead atoms. The number of nitrogens with zero attached hydrogens (tertiary/aromatic N) is 3. The van der Waals surface area contributed by atoms with Crippen molar-refractivity contribution in [2.24, 2.45) is 0 Å². The van der Waals surface area contributed by atoms with Gasteiger partial charge in [0.2, 0.25) is 11.2 Å². The van der Waals surface area contributed by atoms with Crippen LogP contribution in [0.4, 0.5) is 15.8 Å². The van der Waals surface area contributed by atoms with Crippen molar-refractivity contribution in [1.82, 2.24) is 14.9 Å². The number of hydrogen-bond acceptors (Lipinski definition) is 7. The van der Waals surface area contributed by atoms with Gasteiger partial charge < -0.3 is 30.2 Å². The van der Waals surface area contributed by atoms with E-state index in [1.54, 1.807) is 30.3 Å². The topological polar surface area (TPSA) is 134 Å². The number of nitrogens with two attached hydrogens (primary N) is 1. The van der Waals surface area contributed by atoms with Gasteiger partial charge in [-0.05, 0) is 59.7 Å². The van der Waals surface area contributed by atoms with Gasteiger partial charge in [-0.25, -0.2) is 18.7 Å². The fraction of sp³-hybridized carbons (Fsp3) is 0.158. The van der Waals surface area contributed by atoms with E-state index in [-0.39, 0.29) is 29.8 Å². The lowest BCUT2D eigenvalue weighted by atomic mass is 9.89. The Morgan fingerprint density at radius 2 is 1.80 bits per heavy atom. The zero-order chi connectivity index (χ0) is 34.8. The van der Waals surface area contributed by atoms with E-state index in [2.05, 4.69) is 10.3 Å². The zero-order valence-corrected chi connectivity index (χ0v) is 27.5. The largest absolute Gasteiger partial charge is 0.478 e. The zero-order valence-electron chi connectivity index (χ0n) is 27.5.